The predicted octanol–water partition coefficient (Wildman–Crippen LogP) is -0.316. The largest absolute Gasteiger partial charge is 0.481 e. The molecule has 0 heterocycles. The molecule has 1 aliphatic carbocycles. The van der Waals surface area contributed by atoms with Crippen LogP contribution in [0.5, 0.6) is 0 Å². The van der Waals surface area contributed by atoms with Crippen molar-refractivity contribution in [3.05, 3.63) is 0 Å². The minimum atomic E-state index is -3.60. The average Bonchev–Trinajstić information content (AvgIpc) is 2.19. The zero-order valence-corrected chi connectivity index (χ0v) is 9.74. The van der Waals surface area contributed by atoms with Gasteiger partial charge in [0, 0.05) is 6.04 Å². The van der Waals surface area contributed by atoms with E-state index in [0.717, 1.165) is 12.8 Å². The lowest BCUT2D eigenvalue weighted by Crippen LogP contribution is -2.45. The van der Waals surface area contributed by atoms with Crippen molar-refractivity contribution in [3.63, 3.8) is 0 Å². The fraction of sp³-hybridized carbons (Fsp3) is 0.889. The number of carboxylic acids is 1. The highest BCUT2D eigenvalue weighted by Crippen LogP contribution is 2.19. The molecule has 1 fully saturated rings. The van der Waals surface area contributed by atoms with E-state index in [4.69, 9.17) is 5.11 Å². The average molecular weight is 251 g/mol. The standard InChI is InChI=1S/C9H17NO5S/c11-8-4-2-1-3-7(8)10-16(14,15)6-5-9(12)13/h7-8,10-11H,1-6H2,(H,12,13)/t7-,8-/m1/s1. The number of rotatable bonds is 5. The molecule has 94 valence electrons. The van der Waals surface area contributed by atoms with Crippen molar-refractivity contribution < 1.29 is 23.4 Å². The number of aliphatic carboxylic acids is 1. The Morgan fingerprint density at radius 1 is 1.31 bits per heavy atom. The van der Waals surface area contributed by atoms with Crippen LogP contribution in [-0.2, 0) is 14.8 Å². The van der Waals surface area contributed by atoms with E-state index in [1.807, 2.05) is 0 Å². The van der Waals surface area contributed by atoms with Gasteiger partial charge in [0.1, 0.15) is 0 Å². The molecule has 16 heavy (non-hydrogen) atoms. The topological polar surface area (TPSA) is 104 Å². The van der Waals surface area contributed by atoms with Crippen LogP contribution in [0.15, 0.2) is 0 Å². The number of carbonyl (C=O) groups is 1. The first kappa shape index (κ1) is 13.4. The molecule has 0 aliphatic heterocycles. The first-order chi connectivity index (χ1) is 7.41. The van der Waals surface area contributed by atoms with Gasteiger partial charge in [0.05, 0.1) is 18.3 Å². The summed E-state index contributed by atoms with van der Waals surface area (Å²) >= 11 is 0. The summed E-state index contributed by atoms with van der Waals surface area (Å²) in [5, 5.41) is 18.0. The molecule has 0 radical (unpaired) electrons. The molecule has 3 N–H and O–H groups in total. The minimum Gasteiger partial charge on any atom is -0.481 e. The lowest BCUT2D eigenvalue weighted by atomic mass is 9.93. The number of nitrogens with one attached hydrogen (secondary N) is 1. The molecule has 7 heteroatoms. The number of sulfonamides is 1. The van der Waals surface area contributed by atoms with E-state index in [0.29, 0.717) is 12.8 Å². The van der Waals surface area contributed by atoms with E-state index in [2.05, 4.69) is 4.72 Å². The number of aliphatic hydroxyl groups is 1. The molecule has 0 aromatic carbocycles. The normalized spacial score (nSPS) is 26.6. The lowest BCUT2D eigenvalue weighted by molar-refractivity contribution is -0.136. The summed E-state index contributed by atoms with van der Waals surface area (Å²) in [4.78, 5) is 10.3. The maximum Gasteiger partial charge on any atom is 0.304 e. The molecule has 1 rings (SSSR count). The van der Waals surface area contributed by atoms with Crippen molar-refractivity contribution in [3.8, 4) is 0 Å². The van der Waals surface area contributed by atoms with Crippen molar-refractivity contribution >= 4 is 16.0 Å². The Balaban J connectivity index is 2.47. The summed E-state index contributed by atoms with van der Waals surface area (Å²) < 4.78 is 25.3. The predicted molar refractivity (Wildman–Crippen MR) is 57.4 cm³/mol. The van der Waals surface area contributed by atoms with E-state index in [9.17, 15) is 18.3 Å². The number of aliphatic hydroxyl groups excluding tert-OH is 1. The van der Waals surface area contributed by atoms with E-state index < -0.39 is 40.3 Å². The Bertz CT molecular complexity index is 340. The molecule has 1 aliphatic rings. The SMILES string of the molecule is O=C(O)CCS(=O)(=O)N[C@@H]1CCCC[C@H]1O. The van der Waals surface area contributed by atoms with Crippen LogP contribution in [0.4, 0.5) is 0 Å². The second-order valence-corrected chi connectivity index (χ2v) is 5.91. The van der Waals surface area contributed by atoms with Gasteiger partial charge in [0.15, 0.2) is 0 Å². The molecule has 0 aromatic heterocycles. The van der Waals surface area contributed by atoms with Crippen LogP contribution in [-0.4, -0.2) is 42.5 Å². The summed E-state index contributed by atoms with van der Waals surface area (Å²) in [5.41, 5.74) is 0. The molecule has 0 aromatic rings. The lowest BCUT2D eigenvalue weighted by Gasteiger charge is -2.27. The number of hydrogen-bond donors (Lipinski definition) is 3. The summed E-state index contributed by atoms with van der Waals surface area (Å²) in [5.74, 6) is -1.58. The van der Waals surface area contributed by atoms with Crippen molar-refractivity contribution in [2.75, 3.05) is 5.75 Å². The summed E-state index contributed by atoms with van der Waals surface area (Å²) in [7, 11) is -3.60. The Morgan fingerprint density at radius 2 is 1.94 bits per heavy atom. The zero-order valence-electron chi connectivity index (χ0n) is 8.92. The zero-order chi connectivity index (χ0) is 12.2. The maximum absolute atomic E-state index is 11.5. The van der Waals surface area contributed by atoms with Crippen molar-refractivity contribution in [2.45, 2.75) is 44.2 Å². The summed E-state index contributed by atoms with van der Waals surface area (Å²) in [6.45, 7) is 0. The molecule has 0 unspecified atom stereocenters. The molecule has 2 atom stereocenters. The monoisotopic (exact) mass is 251 g/mol. The Morgan fingerprint density at radius 3 is 2.50 bits per heavy atom. The van der Waals surface area contributed by atoms with Gasteiger partial charge in [-0.3, -0.25) is 4.79 Å². The van der Waals surface area contributed by atoms with Gasteiger partial charge in [-0.1, -0.05) is 12.8 Å². The summed E-state index contributed by atoms with van der Waals surface area (Å²) in [6, 6.07) is -0.465. The fourth-order valence-electron chi connectivity index (χ4n) is 1.76. The van der Waals surface area contributed by atoms with Crippen molar-refractivity contribution in [2.24, 2.45) is 0 Å². The van der Waals surface area contributed by atoms with Crippen molar-refractivity contribution in [1.29, 1.82) is 0 Å². The first-order valence-electron chi connectivity index (χ1n) is 5.30. The van der Waals surface area contributed by atoms with Gasteiger partial charge >= 0.3 is 5.97 Å². The van der Waals surface area contributed by atoms with Crippen LogP contribution in [0.25, 0.3) is 0 Å². The van der Waals surface area contributed by atoms with Crippen LogP contribution in [0.3, 0.4) is 0 Å². The third kappa shape index (κ3) is 4.46. The fourth-order valence-corrected chi connectivity index (χ4v) is 3.06. The highest BCUT2D eigenvalue weighted by Gasteiger charge is 2.27. The Labute approximate surface area is 94.7 Å². The molecule has 0 bridgehead atoms. The van der Waals surface area contributed by atoms with Crippen LogP contribution < -0.4 is 4.72 Å². The molecule has 1 saturated carbocycles. The summed E-state index contributed by atoms with van der Waals surface area (Å²) in [6.07, 6.45) is 1.89. The van der Waals surface area contributed by atoms with E-state index in [-0.39, 0.29) is 0 Å². The van der Waals surface area contributed by atoms with Gasteiger partial charge in [-0.2, -0.15) is 0 Å². The van der Waals surface area contributed by atoms with Crippen LogP contribution >= 0.6 is 0 Å². The minimum absolute atomic E-state index is 0.419. The van der Waals surface area contributed by atoms with E-state index >= 15 is 0 Å². The second kappa shape index (κ2) is 5.60. The molecular weight excluding hydrogens is 234 g/mol. The Hall–Kier alpha value is -0.660. The van der Waals surface area contributed by atoms with Crippen molar-refractivity contribution in [1.82, 2.24) is 4.72 Å². The van der Waals surface area contributed by atoms with Gasteiger partial charge in [-0.25, -0.2) is 13.1 Å². The molecule has 0 amide bonds. The molecule has 6 nitrogen and oxygen atoms in total. The molecule has 0 spiro atoms. The highest BCUT2D eigenvalue weighted by atomic mass is 32.2. The van der Waals surface area contributed by atoms with Gasteiger partial charge in [0.2, 0.25) is 10.0 Å². The Kier molecular flexibility index (Phi) is 4.69. The first-order valence-corrected chi connectivity index (χ1v) is 6.96. The number of hydrogen-bond acceptors (Lipinski definition) is 4. The smallest absolute Gasteiger partial charge is 0.304 e. The third-order valence-corrected chi connectivity index (χ3v) is 4.05. The molecular formula is C9H17NO5S. The van der Waals surface area contributed by atoms with E-state index in [1.54, 1.807) is 0 Å². The van der Waals surface area contributed by atoms with Gasteiger partial charge in [-0.15, -0.1) is 0 Å². The van der Waals surface area contributed by atoms with Crippen LogP contribution in [0.2, 0.25) is 0 Å². The van der Waals surface area contributed by atoms with Gasteiger partial charge in [0.25, 0.3) is 0 Å². The van der Waals surface area contributed by atoms with Crippen LogP contribution in [0, 0.1) is 0 Å². The van der Waals surface area contributed by atoms with Crippen LogP contribution in [0.1, 0.15) is 32.1 Å². The quantitative estimate of drug-likeness (QED) is 0.621. The van der Waals surface area contributed by atoms with E-state index in [1.165, 1.54) is 0 Å². The van der Waals surface area contributed by atoms with Gasteiger partial charge < -0.3 is 10.2 Å². The van der Waals surface area contributed by atoms with Gasteiger partial charge in [-0.05, 0) is 12.8 Å². The third-order valence-electron chi connectivity index (χ3n) is 2.65. The second-order valence-electron chi connectivity index (χ2n) is 4.04. The molecule has 0 saturated heterocycles. The highest BCUT2D eigenvalue weighted by molar-refractivity contribution is 7.89. The number of carboxylic acid groups (broad SMARTS) is 1. The maximum atomic E-state index is 11.5.